The molecule has 0 bridgehead atoms. The molecule has 7 heteroatoms. The fourth-order valence-electron chi connectivity index (χ4n) is 2.58. The molecule has 0 amide bonds. The van der Waals surface area contributed by atoms with Crippen molar-refractivity contribution in [3.63, 3.8) is 0 Å². The predicted octanol–water partition coefficient (Wildman–Crippen LogP) is 2.29. The Bertz CT molecular complexity index is 824. The Morgan fingerprint density at radius 2 is 1.87 bits per heavy atom. The Hall–Kier alpha value is -1.60. The van der Waals surface area contributed by atoms with Crippen LogP contribution >= 0.6 is 11.6 Å². The van der Waals surface area contributed by atoms with E-state index in [4.69, 9.17) is 16.3 Å². The van der Waals surface area contributed by atoms with Gasteiger partial charge in [0.25, 0.3) is 0 Å². The van der Waals surface area contributed by atoms with Gasteiger partial charge in [0.15, 0.2) is 0 Å². The summed E-state index contributed by atoms with van der Waals surface area (Å²) < 4.78 is 32.8. The van der Waals surface area contributed by atoms with Crippen LogP contribution in [0.2, 0.25) is 5.02 Å². The molecule has 0 saturated heterocycles. The summed E-state index contributed by atoms with van der Waals surface area (Å²) in [5.41, 5.74) is -0.739. The van der Waals surface area contributed by atoms with Gasteiger partial charge in [-0.25, -0.2) is 13.1 Å². The van der Waals surface area contributed by atoms with Crippen LogP contribution in [0.3, 0.4) is 0 Å². The lowest BCUT2D eigenvalue weighted by atomic mass is 9.88. The van der Waals surface area contributed by atoms with Gasteiger partial charge in [0, 0.05) is 18.5 Å². The molecule has 0 spiro atoms. The van der Waals surface area contributed by atoms with Crippen molar-refractivity contribution in [2.24, 2.45) is 0 Å². The number of nitrogens with one attached hydrogen (secondary N) is 1. The molecule has 0 aromatic heterocycles. The first kappa shape index (κ1) is 16.3. The van der Waals surface area contributed by atoms with E-state index in [1.165, 1.54) is 12.1 Å². The van der Waals surface area contributed by atoms with Gasteiger partial charge in [-0.1, -0.05) is 41.9 Å². The van der Waals surface area contributed by atoms with Crippen molar-refractivity contribution >= 4 is 21.6 Å². The largest absolute Gasteiger partial charge is 0.493 e. The average molecular weight is 354 g/mol. The van der Waals surface area contributed by atoms with Gasteiger partial charge in [-0.15, -0.1) is 0 Å². The summed E-state index contributed by atoms with van der Waals surface area (Å²) in [5, 5.41) is 11.0. The van der Waals surface area contributed by atoms with Gasteiger partial charge in [0.2, 0.25) is 10.0 Å². The number of benzene rings is 2. The molecule has 1 atom stereocenters. The van der Waals surface area contributed by atoms with Crippen LogP contribution in [0.15, 0.2) is 53.4 Å². The molecule has 2 aromatic carbocycles. The highest BCUT2D eigenvalue weighted by Gasteiger charge is 2.36. The third-order valence-corrected chi connectivity index (χ3v) is 5.74. The standard InChI is InChI=1S/C16H16ClNO4S/c17-13-6-2-4-8-15(13)23(20,21)18-11-16(19)9-10-22-14-7-3-1-5-12(14)16/h1-8,18-19H,9-11H2. The van der Waals surface area contributed by atoms with Crippen LogP contribution in [0, 0.1) is 0 Å². The Morgan fingerprint density at radius 3 is 2.65 bits per heavy atom. The fraction of sp³-hybridized carbons (Fsp3) is 0.250. The summed E-state index contributed by atoms with van der Waals surface area (Å²) in [7, 11) is -3.81. The zero-order valence-corrected chi connectivity index (χ0v) is 13.8. The van der Waals surface area contributed by atoms with Crippen LogP contribution in [0.5, 0.6) is 5.75 Å². The summed E-state index contributed by atoms with van der Waals surface area (Å²) >= 11 is 5.94. The smallest absolute Gasteiger partial charge is 0.242 e. The summed E-state index contributed by atoms with van der Waals surface area (Å²) in [6.45, 7) is 0.169. The van der Waals surface area contributed by atoms with Crippen LogP contribution in [0.4, 0.5) is 0 Å². The lowest BCUT2D eigenvalue weighted by molar-refractivity contribution is 0.00219. The molecule has 122 valence electrons. The van der Waals surface area contributed by atoms with Gasteiger partial charge in [-0.2, -0.15) is 0 Å². The van der Waals surface area contributed by atoms with Crippen molar-refractivity contribution in [3.8, 4) is 5.75 Å². The number of halogens is 1. The van der Waals surface area contributed by atoms with E-state index in [1.807, 2.05) is 0 Å². The highest BCUT2D eigenvalue weighted by Crippen LogP contribution is 2.36. The Balaban J connectivity index is 1.85. The second-order valence-electron chi connectivity index (χ2n) is 5.38. The quantitative estimate of drug-likeness (QED) is 0.884. The van der Waals surface area contributed by atoms with Crippen molar-refractivity contribution < 1.29 is 18.3 Å². The van der Waals surface area contributed by atoms with Crippen molar-refractivity contribution in [2.75, 3.05) is 13.2 Å². The second kappa shape index (κ2) is 6.13. The molecule has 2 aromatic rings. The minimum atomic E-state index is -3.81. The van der Waals surface area contributed by atoms with Gasteiger partial charge >= 0.3 is 0 Å². The van der Waals surface area contributed by atoms with E-state index in [0.29, 0.717) is 24.3 Å². The van der Waals surface area contributed by atoms with Crippen molar-refractivity contribution in [1.29, 1.82) is 0 Å². The topological polar surface area (TPSA) is 75.6 Å². The van der Waals surface area contributed by atoms with E-state index in [9.17, 15) is 13.5 Å². The third kappa shape index (κ3) is 3.21. The highest BCUT2D eigenvalue weighted by atomic mass is 35.5. The fourth-order valence-corrected chi connectivity index (χ4v) is 4.19. The van der Waals surface area contributed by atoms with E-state index in [1.54, 1.807) is 36.4 Å². The molecule has 3 rings (SSSR count). The number of sulfonamides is 1. The first-order valence-corrected chi connectivity index (χ1v) is 8.97. The van der Waals surface area contributed by atoms with Crippen LogP contribution in [-0.4, -0.2) is 26.7 Å². The van der Waals surface area contributed by atoms with Gasteiger partial charge < -0.3 is 9.84 Å². The maximum Gasteiger partial charge on any atom is 0.242 e. The Kier molecular flexibility index (Phi) is 4.33. The minimum absolute atomic E-state index is 0.00869. The first-order chi connectivity index (χ1) is 10.9. The van der Waals surface area contributed by atoms with Crippen LogP contribution < -0.4 is 9.46 Å². The predicted molar refractivity (Wildman–Crippen MR) is 87.1 cm³/mol. The lowest BCUT2D eigenvalue weighted by Crippen LogP contribution is -2.43. The summed E-state index contributed by atoms with van der Waals surface area (Å²) in [4.78, 5) is -0.00869. The molecule has 5 nitrogen and oxygen atoms in total. The number of para-hydroxylation sites is 1. The monoisotopic (exact) mass is 353 g/mol. The van der Waals surface area contributed by atoms with E-state index < -0.39 is 15.6 Å². The van der Waals surface area contributed by atoms with E-state index in [2.05, 4.69) is 4.72 Å². The van der Waals surface area contributed by atoms with Crippen molar-refractivity contribution in [2.45, 2.75) is 16.9 Å². The molecular weight excluding hydrogens is 338 g/mol. The maximum absolute atomic E-state index is 12.4. The number of hydrogen-bond acceptors (Lipinski definition) is 4. The molecule has 0 radical (unpaired) electrons. The van der Waals surface area contributed by atoms with Crippen LogP contribution in [-0.2, 0) is 15.6 Å². The van der Waals surface area contributed by atoms with Crippen LogP contribution in [0.25, 0.3) is 0 Å². The van der Waals surface area contributed by atoms with Gasteiger partial charge in [-0.05, 0) is 18.2 Å². The van der Waals surface area contributed by atoms with Gasteiger partial charge in [0.1, 0.15) is 16.2 Å². The van der Waals surface area contributed by atoms with E-state index >= 15 is 0 Å². The molecule has 2 N–H and O–H groups in total. The summed E-state index contributed by atoms with van der Waals surface area (Å²) in [6, 6.07) is 13.3. The molecule has 1 aliphatic rings. The molecule has 0 saturated carbocycles. The average Bonchev–Trinajstić information content (AvgIpc) is 2.54. The highest BCUT2D eigenvalue weighted by molar-refractivity contribution is 7.89. The van der Waals surface area contributed by atoms with Crippen molar-refractivity contribution in [1.82, 2.24) is 4.72 Å². The molecule has 1 aliphatic heterocycles. The molecular formula is C16H16ClNO4S. The first-order valence-electron chi connectivity index (χ1n) is 7.11. The number of aliphatic hydroxyl groups is 1. The van der Waals surface area contributed by atoms with Crippen molar-refractivity contribution in [3.05, 3.63) is 59.1 Å². The third-order valence-electron chi connectivity index (χ3n) is 3.84. The zero-order chi connectivity index (χ0) is 16.5. The molecule has 1 heterocycles. The SMILES string of the molecule is O=S(=O)(NCC1(O)CCOc2ccccc21)c1ccccc1Cl. The normalized spacial score (nSPS) is 20.6. The number of hydrogen-bond donors (Lipinski definition) is 2. The maximum atomic E-state index is 12.4. The summed E-state index contributed by atoms with van der Waals surface area (Å²) in [6.07, 6.45) is 0.301. The van der Waals surface area contributed by atoms with Crippen LogP contribution in [0.1, 0.15) is 12.0 Å². The summed E-state index contributed by atoms with van der Waals surface area (Å²) in [5.74, 6) is 0.568. The van der Waals surface area contributed by atoms with Gasteiger partial charge in [0.05, 0.1) is 11.6 Å². The number of fused-ring (bicyclic) bond motifs is 1. The molecule has 0 fully saturated rings. The van der Waals surface area contributed by atoms with E-state index in [-0.39, 0.29) is 16.5 Å². The Labute approximate surface area is 139 Å². The molecule has 1 unspecified atom stereocenters. The molecule has 0 aliphatic carbocycles. The minimum Gasteiger partial charge on any atom is -0.493 e. The Morgan fingerprint density at radius 1 is 1.17 bits per heavy atom. The van der Waals surface area contributed by atoms with Gasteiger partial charge in [-0.3, -0.25) is 0 Å². The zero-order valence-electron chi connectivity index (χ0n) is 12.2. The van der Waals surface area contributed by atoms with E-state index in [0.717, 1.165) is 0 Å². The number of rotatable bonds is 4. The lowest BCUT2D eigenvalue weighted by Gasteiger charge is -2.34. The second-order valence-corrected chi connectivity index (χ2v) is 7.52. The number of ether oxygens (including phenoxy) is 1. The molecule has 23 heavy (non-hydrogen) atoms.